The first-order valence-corrected chi connectivity index (χ1v) is 6.48. The van der Waals surface area contributed by atoms with Crippen LogP contribution in [0.2, 0.25) is 0 Å². The summed E-state index contributed by atoms with van der Waals surface area (Å²) < 4.78 is 0. The number of amides is 1. The van der Waals surface area contributed by atoms with Crippen LogP contribution in [0.1, 0.15) is 56.0 Å². The smallest absolute Gasteiger partial charge is 0.293 e. The number of nitrogens with two attached hydrogens (primary N) is 1. The minimum atomic E-state index is -0.0995. The second-order valence-corrected chi connectivity index (χ2v) is 5.33. The summed E-state index contributed by atoms with van der Waals surface area (Å²) >= 11 is 0. The van der Waals surface area contributed by atoms with Crippen LogP contribution in [0.3, 0.4) is 0 Å². The number of nitrogens with one attached hydrogen (secondary N) is 1. The zero-order valence-corrected chi connectivity index (χ0v) is 11.2. The lowest BCUT2D eigenvalue weighted by atomic mass is 9.99. The molecular formula is C12H21N5O. The van der Waals surface area contributed by atoms with Crippen molar-refractivity contribution in [1.82, 2.24) is 20.1 Å². The van der Waals surface area contributed by atoms with Crippen LogP contribution in [0, 0.1) is 0 Å². The highest BCUT2D eigenvalue weighted by Gasteiger charge is 2.29. The van der Waals surface area contributed by atoms with Gasteiger partial charge in [0.05, 0.1) is 0 Å². The van der Waals surface area contributed by atoms with Gasteiger partial charge < -0.3 is 10.6 Å². The quantitative estimate of drug-likeness (QED) is 0.816. The first kappa shape index (κ1) is 13.0. The predicted molar refractivity (Wildman–Crippen MR) is 68.2 cm³/mol. The van der Waals surface area contributed by atoms with Crippen molar-refractivity contribution in [2.45, 2.75) is 51.6 Å². The Morgan fingerprint density at radius 2 is 2.28 bits per heavy atom. The molecule has 0 aromatic carbocycles. The van der Waals surface area contributed by atoms with Gasteiger partial charge in [0.15, 0.2) is 0 Å². The maximum atomic E-state index is 12.3. The summed E-state index contributed by atoms with van der Waals surface area (Å²) in [7, 11) is 0. The molecule has 1 aromatic heterocycles. The van der Waals surface area contributed by atoms with Crippen LogP contribution >= 0.6 is 0 Å². The maximum Gasteiger partial charge on any atom is 0.293 e. The van der Waals surface area contributed by atoms with Crippen molar-refractivity contribution in [2.75, 3.05) is 6.54 Å². The van der Waals surface area contributed by atoms with E-state index in [2.05, 4.69) is 15.2 Å². The Morgan fingerprint density at radius 3 is 2.83 bits per heavy atom. The third kappa shape index (κ3) is 2.53. The summed E-state index contributed by atoms with van der Waals surface area (Å²) in [5, 5.41) is 6.82. The summed E-state index contributed by atoms with van der Waals surface area (Å²) in [6.07, 6.45) is 1.69. The molecule has 1 amide bonds. The number of H-pyrrole nitrogens is 1. The van der Waals surface area contributed by atoms with Gasteiger partial charge in [0.25, 0.3) is 5.91 Å². The fraction of sp³-hybridized carbons (Fsp3) is 0.750. The van der Waals surface area contributed by atoms with Crippen molar-refractivity contribution in [3.05, 3.63) is 11.6 Å². The molecule has 2 atom stereocenters. The predicted octanol–water partition coefficient (Wildman–Crippen LogP) is 0.880. The van der Waals surface area contributed by atoms with Gasteiger partial charge in [-0.1, -0.05) is 13.8 Å². The summed E-state index contributed by atoms with van der Waals surface area (Å²) in [4.78, 5) is 18.4. The van der Waals surface area contributed by atoms with Crippen molar-refractivity contribution in [3.8, 4) is 0 Å². The van der Waals surface area contributed by atoms with E-state index in [1.807, 2.05) is 25.7 Å². The average molecular weight is 251 g/mol. The Bertz CT molecular complexity index is 428. The molecule has 6 heteroatoms. The molecule has 1 saturated heterocycles. The molecule has 0 spiro atoms. The lowest BCUT2D eigenvalue weighted by Gasteiger charge is -2.35. The summed E-state index contributed by atoms with van der Waals surface area (Å²) in [6.45, 7) is 6.73. The molecule has 3 N–H and O–H groups in total. The number of aromatic amines is 1. The van der Waals surface area contributed by atoms with Gasteiger partial charge in [-0.3, -0.25) is 9.89 Å². The van der Waals surface area contributed by atoms with Gasteiger partial charge in [-0.15, -0.1) is 5.10 Å². The van der Waals surface area contributed by atoms with Crippen LogP contribution < -0.4 is 5.73 Å². The molecule has 18 heavy (non-hydrogen) atoms. The molecule has 100 valence electrons. The maximum absolute atomic E-state index is 12.3. The average Bonchev–Trinajstić information content (AvgIpc) is 2.77. The number of hydrogen-bond acceptors (Lipinski definition) is 4. The fourth-order valence-electron chi connectivity index (χ4n) is 2.27. The van der Waals surface area contributed by atoms with Gasteiger partial charge in [-0.2, -0.15) is 0 Å². The first-order valence-electron chi connectivity index (χ1n) is 6.48. The molecule has 0 aliphatic carbocycles. The monoisotopic (exact) mass is 251 g/mol. The van der Waals surface area contributed by atoms with Crippen molar-refractivity contribution < 1.29 is 4.79 Å². The molecule has 2 unspecified atom stereocenters. The zero-order chi connectivity index (χ0) is 13.3. The lowest BCUT2D eigenvalue weighted by molar-refractivity contribution is 0.0607. The normalized spacial score (nSPS) is 24.6. The molecule has 1 aromatic rings. The molecule has 1 aliphatic heterocycles. The number of carbonyl (C=O) groups excluding carboxylic acids is 1. The zero-order valence-electron chi connectivity index (χ0n) is 11.2. The second kappa shape index (κ2) is 5.06. The van der Waals surface area contributed by atoms with E-state index in [0.29, 0.717) is 6.54 Å². The largest absolute Gasteiger partial charge is 0.333 e. The number of likely N-dealkylation sites (tertiary alicyclic amines) is 1. The van der Waals surface area contributed by atoms with Gasteiger partial charge in [-0.05, 0) is 19.8 Å². The molecular weight excluding hydrogens is 230 g/mol. The van der Waals surface area contributed by atoms with E-state index in [0.717, 1.165) is 18.7 Å². The highest BCUT2D eigenvalue weighted by Crippen LogP contribution is 2.18. The fourth-order valence-corrected chi connectivity index (χ4v) is 2.27. The van der Waals surface area contributed by atoms with Crippen LogP contribution in [0.25, 0.3) is 0 Å². The number of carbonyl (C=O) groups is 1. The van der Waals surface area contributed by atoms with E-state index < -0.39 is 0 Å². The third-order valence-corrected chi connectivity index (χ3v) is 3.42. The molecule has 0 radical (unpaired) electrons. The van der Waals surface area contributed by atoms with E-state index in [4.69, 9.17) is 5.73 Å². The van der Waals surface area contributed by atoms with Crippen molar-refractivity contribution in [2.24, 2.45) is 5.73 Å². The van der Waals surface area contributed by atoms with Gasteiger partial charge in [0.2, 0.25) is 5.82 Å². The summed E-state index contributed by atoms with van der Waals surface area (Å²) in [6, 6.07) is 0.352. The number of aromatic nitrogens is 3. The van der Waals surface area contributed by atoms with Gasteiger partial charge in [0, 0.05) is 24.5 Å². The van der Waals surface area contributed by atoms with Crippen molar-refractivity contribution >= 4 is 5.91 Å². The molecule has 0 saturated carbocycles. The van der Waals surface area contributed by atoms with E-state index in [1.165, 1.54) is 0 Å². The standard InChI is InChI=1S/C12H21N5O/c1-7(2)10-14-11(16-15-10)12(18)17-5-4-9(13)6-8(17)3/h7-9H,4-6,13H2,1-3H3,(H,14,15,16). The number of hydrogen-bond donors (Lipinski definition) is 2. The summed E-state index contributed by atoms with van der Waals surface area (Å²) in [5.41, 5.74) is 5.89. The van der Waals surface area contributed by atoms with E-state index in [-0.39, 0.29) is 29.7 Å². The molecule has 1 aliphatic rings. The van der Waals surface area contributed by atoms with E-state index in [1.54, 1.807) is 0 Å². The minimum Gasteiger partial charge on any atom is -0.333 e. The van der Waals surface area contributed by atoms with Gasteiger partial charge in [-0.25, -0.2) is 4.98 Å². The van der Waals surface area contributed by atoms with Crippen LogP contribution in [0.15, 0.2) is 0 Å². The molecule has 2 heterocycles. The number of nitrogens with zero attached hydrogens (tertiary/aromatic N) is 3. The second-order valence-electron chi connectivity index (χ2n) is 5.33. The van der Waals surface area contributed by atoms with Crippen LogP contribution in [0.5, 0.6) is 0 Å². The molecule has 6 nitrogen and oxygen atoms in total. The molecule has 1 fully saturated rings. The van der Waals surface area contributed by atoms with Crippen molar-refractivity contribution in [3.63, 3.8) is 0 Å². The Hall–Kier alpha value is -1.43. The highest BCUT2D eigenvalue weighted by atomic mass is 16.2. The minimum absolute atomic E-state index is 0.0995. The topological polar surface area (TPSA) is 87.9 Å². The van der Waals surface area contributed by atoms with E-state index >= 15 is 0 Å². The van der Waals surface area contributed by atoms with Crippen LogP contribution in [-0.2, 0) is 0 Å². The Kier molecular flexibility index (Phi) is 3.65. The number of piperidine rings is 1. The SMILES string of the molecule is CC(C)c1nc(C(=O)N2CCC(N)CC2C)n[nH]1. The molecule has 0 bridgehead atoms. The Labute approximate surface area is 107 Å². The van der Waals surface area contributed by atoms with Gasteiger partial charge in [0.1, 0.15) is 5.82 Å². The Morgan fingerprint density at radius 1 is 1.56 bits per heavy atom. The highest BCUT2D eigenvalue weighted by molar-refractivity contribution is 5.90. The molecule has 2 rings (SSSR count). The van der Waals surface area contributed by atoms with Crippen molar-refractivity contribution in [1.29, 1.82) is 0 Å². The van der Waals surface area contributed by atoms with Gasteiger partial charge >= 0.3 is 0 Å². The van der Waals surface area contributed by atoms with Crippen LogP contribution in [0.4, 0.5) is 0 Å². The van der Waals surface area contributed by atoms with Crippen LogP contribution in [-0.4, -0.2) is 44.6 Å². The summed E-state index contributed by atoms with van der Waals surface area (Å²) in [5.74, 6) is 1.16. The third-order valence-electron chi connectivity index (χ3n) is 3.42. The lowest BCUT2D eigenvalue weighted by Crippen LogP contribution is -2.48. The Balaban J connectivity index is 2.10. The van der Waals surface area contributed by atoms with E-state index in [9.17, 15) is 4.79 Å². The first-order chi connectivity index (χ1) is 8.49. The number of rotatable bonds is 2.